The Bertz CT molecular complexity index is 733. The summed E-state index contributed by atoms with van der Waals surface area (Å²) >= 11 is 0. The standard InChI is InChI=1S/C18H23FN2O4/c1-17(2,3)25-16(24)21-7-5-18(6-8-21)14-12(19)9-11(22)10-13(14)20(4)15(18)23/h9-10,22H,5-8H2,1-4H3. The number of likely N-dealkylation sites (tertiary alicyclic amines) is 1. The topological polar surface area (TPSA) is 70.1 Å². The van der Waals surface area contributed by atoms with Crippen LogP contribution >= 0.6 is 0 Å². The highest BCUT2D eigenvalue weighted by molar-refractivity contribution is 6.08. The fourth-order valence-corrected chi connectivity index (χ4v) is 3.72. The first kappa shape index (κ1) is 17.5. The van der Waals surface area contributed by atoms with Gasteiger partial charge in [-0.15, -0.1) is 0 Å². The van der Waals surface area contributed by atoms with Crippen LogP contribution in [0.3, 0.4) is 0 Å². The van der Waals surface area contributed by atoms with Crippen LogP contribution in [0, 0.1) is 5.82 Å². The Hall–Kier alpha value is -2.31. The third-order valence-electron chi connectivity index (χ3n) is 4.88. The van der Waals surface area contributed by atoms with Gasteiger partial charge < -0.3 is 19.6 Å². The van der Waals surface area contributed by atoms with Gasteiger partial charge in [0, 0.05) is 37.8 Å². The van der Waals surface area contributed by atoms with Crippen LogP contribution in [0.4, 0.5) is 14.9 Å². The molecule has 0 unspecified atom stereocenters. The second kappa shape index (κ2) is 5.61. The molecule has 6 nitrogen and oxygen atoms in total. The molecular formula is C18H23FN2O4. The third-order valence-corrected chi connectivity index (χ3v) is 4.88. The summed E-state index contributed by atoms with van der Waals surface area (Å²) in [6.45, 7) is 6.01. The summed E-state index contributed by atoms with van der Waals surface area (Å²) in [5.74, 6) is -0.992. The molecular weight excluding hydrogens is 327 g/mol. The lowest BCUT2D eigenvalue weighted by Crippen LogP contribution is -2.50. The van der Waals surface area contributed by atoms with Gasteiger partial charge in [0.05, 0.1) is 11.1 Å². The molecule has 0 radical (unpaired) electrons. The van der Waals surface area contributed by atoms with Crippen LogP contribution in [-0.2, 0) is 14.9 Å². The Kier molecular flexibility index (Phi) is 3.93. The molecule has 1 aromatic carbocycles. The van der Waals surface area contributed by atoms with Crippen molar-refractivity contribution in [2.24, 2.45) is 0 Å². The molecule has 0 bridgehead atoms. The minimum Gasteiger partial charge on any atom is -0.508 e. The molecule has 0 aromatic heterocycles. The van der Waals surface area contributed by atoms with Crippen molar-refractivity contribution in [2.45, 2.75) is 44.6 Å². The predicted molar refractivity (Wildman–Crippen MR) is 90.2 cm³/mol. The van der Waals surface area contributed by atoms with Gasteiger partial charge in [0.1, 0.15) is 17.2 Å². The van der Waals surface area contributed by atoms with E-state index in [-0.39, 0.29) is 11.7 Å². The largest absolute Gasteiger partial charge is 0.508 e. The summed E-state index contributed by atoms with van der Waals surface area (Å²) in [4.78, 5) is 28.0. The SMILES string of the molecule is CN1C(=O)C2(CCN(C(=O)OC(C)(C)C)CC2)c2c(F)cc(O)cc21. The summed E-state index contributed by atoms with van der Waals surface area (Å²) in [6, 6.07) is 2.44. The van der Waals surface area contributed by atoms with Crippen LogP contribution in [0.15, 0.2) is 12.1 Å². The average Bonchev–Trinajstić information content (AvgIpc) is 2.69. The van der Waals surface area contributed by atoms with Crippen LogP contribution in [0.2, 0.25) is 0 Å². The van der Waals surface area contributed by atoms with E-state index in [1.807, 2.05) is 0 Å². The van der Waals surface area contributed by atoms with E-state index >= 15 is 0 Å². The van der Waals surface area contributed by atoms with Crippen LogP contribution < -0.4 is 4.90 Å². The number of phenols is 1. The molecule has 0 aliphatic carbocycles. The molecule has 2 heterocycles. The van der Waals surface area contributed by atoms with Crippen molar-refractivity contribution >= 4 is 17.7 Å². The van der Waals surface area contributed by atoms with Gasteiger partial charge in [0.25, 0.3) is 0 Å². The molecule has 2 amide bonds. The number of nitrogens with zero attached hydrogens (tertiary/aromatic N) is 2. The minimum absolute atomic E-state index is 0.198. The number of aromatic hydroxyl groups is 1. The number of ether oxygens (including phenoxy) is 1. The molecule has 1 saturated heterocycles. The second-order valence-corrected chi connectivity index (χ2v) is 7.74. The summed E-state index contributed by atoms with van der Waals surface area (Å²) in [6.07, 6.45) is 0.223. The quantitative estimate of drug-likeness (QED) is 0.781. The fraction of sp³-hybridized carbons (Fsp3) is 0.556. The molecule has 25 heavy (non-hydrogen) atoms. The van der Waals surface area contributed by atoms with Crippen LogP contribution in [0.1, 0.15) is 39.2 Å². The van der Waals surface area contributed by atoms with Gasteiger partial charge in [-0.3, -0.25) is 4.79 Å². The van der Waals surface area contributed by atoms with Crippen LogP contribution in [0.5, 0.6) is 5.75 Å². The Labute approximate surface area is 146 Å². The number of carbonyl (C=O) groups excluding carboxylic acids is 2. The van der Waals surface area contributed by atoms with Gasteiger partial charge >= 0.3 is 6.09 Å². The third kappa shape index (κ3) is 2.81. The first-order chi connectivity index (χ1) is 11.5. The number of halogens is 1. The maximum atomic E-state index is 14.6. The maximum absolute atomic E-state index is 14.6. The van der Waals surface area contributed by atoms with Gasteiger partial charge in [0.15, 0.2) is 0 Å². The van der Waals surface area contributed by atoms with Gasteiger partial charge in [-0.25, -0.2) is 9.18 Å². The van der Waals surface area contributed by atoms with Crippen molar-refractivity contribution in [3.63, 3.8) is 0 Å². The first-order valence-corrected chi connectivity index (χ1v) is 8.34. The number of anilines is 1. The van der Waals surface area contributed by atoms with Gasteiger partial charge in [0.2, 0.25) is 5.91 Å². The molecule has 0 saturated carbocycles. The molecule has 0 atom stereocenters. The Morgan fingerprint density at radius 3 is 2.44 bits per heavy atom. The van der Waals surface area contributed by atoms with E-state index in [0.29, 0.717) is 37.2 Å². The number of phenolic OH excluding ortho intramolecular Hbond substituents is 1. The number of fused-ring (bicyclic) bond motifs is 2. The Morgan fingerprint density at radius 2 is 1.88 bits per heavy atom. The number of hydrogen-bond acceptors (Lipinski definition) is 4. The molecule has 2 aliphatic heterocycles. The van der Waals surface area contributed by atoms with Gasteiger partial charge in [-0.2, -0.15) is 0 Å². The smallest absolute Gasteiger partial charge is 0.410 e. The summed E-state index contributed by atoms with van der Waals surface area (Å²) in [5, 5.41) is 9.64. The summed E-state index contributed by atoms with van der Waals surface area (Å²) in [7, 11) is 1.58. The molecule has 2 aliphatic rings. The van der Waals surface area contributed by atoms with Crippen LogP contribution in [0.25, 0.3) is 0 Å². The zero-order valence-electron chi connectivity index (χ0n) is 14.9. The molecule has 136 valence electrons. The number of benzene rings is 1. The van der Waals surface area contributed by atoms with E-state index in [2.05, 4.69) is 0 Å². The van der Waals surface area contributed by atoms with Crippen molar-refractivity contribution < 1.29 is 23.8 Å². The highest BCUT2D eigenvalue weighted by atomic mass is 19.1. The van der Waals surface area contributed by atoms with Gasteiger partial charge in [-0.1, -0.05) is 0 Å². The Morgan fingerprint density at radius 1 is 1.28 bits per heavy atom. The summed E-state index contributed by atoms with van der Waals surface area (Å²) in [5.41, 5.74) is -0.860. The van der Waals surface area contributed by atoms with Crippen molar-refractivity contribution in [3.8, 4) is 5.75 Å². The van der Waals surface area contributed by atoms with E-state index in [1.165, 1.54) is 11.0 Å². The number of carbonyl (C=O) groups is 2. The zero-order chi connectivity index (χ0) is 18.6. The molecule has 1 spiro atoms. The zero-order valence-corrected chi connectivity index (χ0v) is 14.9. The van der Waals surface area contributed by atoms with Crippen molar-refractivity contribution in [3.05, 3.63) is 23.5 Å². The monoisotopic (exact) mass is 350 g/mol. The number of likely N-dealkylation sites (N-methyl/N-ethyl adjacent to an activating group) is 1. The summed E-state index contributed by atoms with van der Waals surface area (Å²) < 4.78 is 19.9. The lowest BCUT2D eigenvalue weighted by Gasteiger charge is -2.38. The molecule has 1 N–H and O–H groups in total. The van der Waals surface area contributed by atoms with E-state index in [1.54, 1.807) is 32.7 Å². The minimum atomic E-state index is -0.986. The fourth-order valence-electron chi connectivity index (χ4n) is 3.72. The predicted octanol–water partition coefficient (Wildman–Crippen LogP) is 2.78. The lowest BCUT2D eigenvalue weighted by atomic mass is 9.73. The normalized spacial score (nSPS) is 19.3. The van der Waals surface area contributed by atoms with E-state index in [9.17, 15) is 19.1 Å². The van der Waals surface area contributed by atoms with Crippen molar-refractivity contribution in [2.75, 3.05) is 25.0 Å². The second-order valence-electron chi connectivity index (χ2n) is 7.74. The molecule has 1 aromatic rings. The average molecular weight is 350 g/mol. The Balaban J connectivity index is 1.87. The molecule has 3 rings (SSSR count). The van der Waals surface area contributed by atoms with E-state index < -0.39 is 22.9 Å². The number of hydrogen-bond donors (Lipinski definition) is 1. The highest BCUT2D eigenvalue weighted by Gasteiger charge is 2.53. The number of amides is 2. The van der Waals surface area contributed by atoms with Crippen LogP contribution in [-0.4, -0.2) is 47.7 Å². The van der Waals surface area contributed by atoms with Crippen molar-refractivity contribution in [1.82, 2.24) is 4.90 Å². The molecule has 7 heteroatoms. The van der Waals surface area contributed by atoms with E-state index in [4.69, 9.17) is 4.74 Å². The first-order valence-electron chi connectivity index (χ1n) is 8.34. The van der Waals surface area contributed by atoms with Gasteiger partial charge in [-0.05, 0) is 33.6 Å². The number of rotatable bonds is 0. The highest BCUT2D eigenvalue weighted by Crippen LogP contribution is 2.49. The molecule has 1 fully saturated rings. The number of piperidine rings is 1. The maximum Gasteiger partial charge on any atom is 0.410 e. The van der Waals surface area contributed by atoms with E-state index in [0.717, 1.165) is 6.07 Å². The van der Waals surface area contributed by atoms with Crippen molar-refractivity contribution in [1.29, 1.82) is 0 Å². The lowest BCUT2D eigenvalue weighted by molar-refractivity contribution is -0.124.